The molecule has 2 nitrogen and oxygen atoms in total. The predicted octanol–water partition coefficient (Wildman–Crippen LogP) is 2.67. The molecule has 1 aliphatic rings. The van der Waals surface area contributed by atoms with Gasteiger partial charge in [-0.2, -0.15) is 0 Å². The Morgan fingerprint density at radius 3 is 2.29 bits per heavy atom. The Balaban J connectivity index is 1.84. The number of nitrogens with zero attached hydrogens (tertiary/aromatic N) is 1. The molecule has 1 aromatic carbocycles. The van der Waals surface area contributed by atoms with Crippen molar-refractivity contribution in [1.82, 2.24) is 4.90 Å². The fourth-order valence-corrected chi connectivity index (χ4v) is 2.64. The third-order valence-electron chi connectivity index (χ3n) is 3.84. The number of hydrogen-bond donors (Lipinski definition) is 1. The van der Waals surface area contributed by atoms with Gasteiger partial charge in [-0.05, 0) is 51.3 Å². The topological polar surface area (TPSA) is 23.5 Å². The quantitative estimate of drug-likeness (QED) is 0.867. The van der Waals surface area contributed by atoms with Gasteiger partial charge in [0.15, 0.2) is 0 Å². The van der Waals surface area contributed by atoms with E-state index in [0.29, 0.717) is 5.92 Å². The molecule has 1 heterocycles. The summed E-state index contributed by atoms with van der Waals surface area (Å²) in [6.45, 7) is 7.11. The maximum atomic E-state index is 10.00. The molecule has 0 aliphatic carbocycles. The van der Waals surface area contributed by atoms with E-state index in [-0.39, 0.29) is 0 Å². The molecule has 0 bridgehead atoms. The van der Waals surface area contributed by atoms with Gasteiger partial charge in [-0.1, -0.05) is 30.3 Å². The molecule has 1 saturated heterocycles. The van der Waals surface area contributed by atoms with Gasteiger partial charge < -0.3 is 5.11 Å². The highest BCUT2D eigenvalue weighted by atomic mass is 16.3. The molecule has 0 saturated carbocycles. The van der Waals surface area contributed by atoms with Crippen LogP contribution in [0.5, 0.6) is 0 Å². The minimum Gasteiger partial charge on any atom is -0.390 e. The summed E-state index contributed by atoms with van der Waals surface area (Å²) < 4.78 is 0. The zero-order valence-corrected chi connectivity index (χ0v) is 10.9. The molecule has 0 unspecified atom stereocenters. The second-order valence-corrected chi connectivity index (χ2v) is 5.69. The highest BCUT2D eigenvalue weighted by molar-refractivity contribution is 5.14. The van der Waals surface area contributed by atoms with E-state index in [9.17, 15) is 5.11 Å². The van der Waals surface area contributed by atoms with Crippen LogP contribution in [-0.2, 0) is 6.54 Å². The van der Waals surface area contributed by atoms with E-state index in [1.807, 2.05) is 13.8 Å². The van der Waals surface area contributed by atoms with E-state index in [4.69, 9.17) is 0 Å². The van der Waals surface area contributed by atoms with Gasteiger partial charge >= 0.3 is 0 Å². The van der Waals surface area contributed by atoms with Crippen molar-refractivity contribution in [2.45, 2.75) is 38.8 Å². The first-order valence-electron chi connectivity index (χ1n) is 6.54. The molecule has 1 aliphatic heterocycles. The summed E-state index contributed by atoms with van der Waals surface area (Å²) in [5.41, 5.74) is 0.868. The van der Waals surface area contributed by atoms with Crippen LogP contribution in [0.1, 0.15) is 32.3 Å². The van der Waals surface area contributed by atoms with E-state index in [1.54, 1.807) is 0 Å². The first-order chi connectivity index (χ1) is 8.05. The van der Waals surface area contributed by atoms with Gasteiger partial charge in [-0.25, -0.2) is 0 Å². The lowest BCUT2D eigenvalue weighted by Gasteiger charge is -2.37. The van der Waals surface area contributed by atoms with Crippen LogP contribution in [0, 0.1) is 5.92 Å². The second kappa shape index (κ2) is 5.19. The Bertz CT molecular complexity index is 334. The van der Waals surface area contributed by atoms with Gasteiger partial charge in [-0.3, -0.25) is 4.90 Å². The molecule has 1 aromatic rings. The molecular weight excluding hydrogens is 210 g/mol. The zero-order chi connectivity index (χ0) is 12.3. The van der Waals surface area contributed by atoms with E-state index < -0.39 is 5.60 Å². The summed E-state index contributed by atoms with van der Waals surface area (Å²) in [4.78, 5) is 2.48. The summed E-state index contributed by atoms with van der Waals surface area (Å²) in [6.07, 6.45) is 2.21. The molecule has 94 valence electrons. The minimum atomic E-state index is -0.515. The van der Waals surface area contributed by atoms with Gasteiger partial charge in [0.1, 0.15) is 0 Å². The lowest BCUT2D eigenvalue weighted by Crippen LogP contribution is -2.41. The number of aliphatic hydroxyl groups is 1. The highest BCUT2D eigenvalue weighted by Crippen LogP contribution is 2.28. The van der Waals surface area contributed by atoms with Crippen molar-refractivity contribution in [3.8, 4) is 0 Å². The maximum absolute atomic E-state index is 10.00. The van der Waals surface area contributed by atoms with Gasteiger partial charge in [0.2, 0.25) is 0 Å². The standard InChI is InChI=1S/C15H23NO/c1-15(2,17)14-8-10-16(11-9-14)12-13-6-4-3-5-7-13/h3-7,14,17H,8-12H2,1-2H3. The fraction of sp³-hybridized carbons (Fsp3) is 0.600. The zero-order valence-electron chi connectivity index (χ0n) is 10.9. The minimum absolute atomic E-state index is 0.453. The van der Waals surface area contributed by atoms with E-state index in [0.717, 1.165) is 32.5 Å². The van der Waals surface area contributed by atoms with Crippen molar-refractivity contribution < 1.29 is 5.11 Å². The molecule has 0 radical (unpaired) electrons. The second-order valence-electron chi connectivity index (χ2n) is 5.69. The first-order valence-corrected chi connectivity index (χ1v) is 6.54. The predicted molar refractivity (Wildman–Crippen MR) is 70.7 cm³/mol. The molecule has 2 heteroatoms. The normalized spacial score (nSPS) is 19.5. The average Bonchev–Trinajstić information content (AvgIpc) is 2.30. The van der Waals surface area contributed by atoms with Crippen LogP contribution in [0.2, 0.25) is 0 Å². The summed E-state index contributed by atoms with van der Waals surface area (Å²) in [7, 11) is 0. The Morgan fingerprint density at radius 1 is 1.18 bits per heavy atom. The molecule has 0 spiro atoms. The fourth-order valence-electron chi connectivity index (χ4n) is 2.64. The number of benzene rings is 1. The third-order valence-corrected chi connectivity index (χ3v) is 3.84. The first kappa shape index (κ1) is 12.6. The van der Waals surface area contributed by atoms with Crippen molar-refractivity contribution in [2.24, 2.45) is 5.92 Å². The van der Waals surface area contributed by atoms with E-state index >= 15 is 0 Å². The van der Waals surface area contributed by atoms with Gasteiger partial charge in [-0.15, -0.1) is 0 Å². The Hall–Kier alpha value is -0.860. The van der Waals surface area contributed by atoms with Crippen LogP contribution in [0.25, 0.3) is 0 Å². The molecular formula is C15H23NO. The van der Waals surface area contributed by atoms with Crippen molar-refractivity contribution >= 4 is 0 Å². The summed E-state index contributed by atoms with van der Waals surface area (Å²) >= 11 is 0. The van der Waals surface area contributed by atoms with E-state index in [1.165, 1.54) is 5.56 Å². The molecule has 2 rings (SSSR count). The monoisotopic (exact) mass is 233 g/mol. The number of hydrogen-bond acceptors (Lipinski definition) is 2. The summed E-state index contributed by atoms with van der Waals surface area (Å²) in [5, 5.41) is 10.00. The van der Waals surface area contributed by atoms with Gasteiger partial charge in [0.05, 0.1) is 5.60 Å². The molecule has 1 N–H and O–H groups in total. The molecule has 0 aromatic heterocycles. The summed E-state index contributed by atoms with van der Waals surface area (Å²) in [5.74, 6) is 0.453. The Kier molecular flexibility index (Phi) is 3.85. The van der Waals surface area contributed by atoms with Crippen LogP contribution >= 0.6 is 0 Å². The smallest absolute Gasteiger partial charge is 0.0620 e. The van der Waals surface area contributed by atoms with Crippen molar-refractivity contribution in [2.75, 3.05) is 13.1 Å². The van der Waals surface area contributed by atoms with Crippen LogP contribution < -0.4 is 0 Å². The molecule has 0 atom stereocenters. The lowest BCUT2D eigenvalue weighted by molar-refractivity contribution is -0.0136. The molecule has 0 amide bonds. The average molecular weight is 233 g/mol. The van der Waals surface area contributed by atoms with Crippen LogP contribution in [0.4, 0.5) is 0 Å². The van der Waals surface area contributed by atoms with Gasteiger partial charge in [0, 0.05) is 6.54 Å². The van der Waals surface area contributed by atoms with E-state index in [2.05, 4.69) is 35.2 Å². The van der Waals surface area contributed by atoms with Crippen LogP contribution in [0.3, 0.4) is 0 Å². The summed E-state index contributed by atoms with van der Waals surface area (Å²) in [6, 6.07) is 10.6. The van der Waals surface area contributed by atoms with Gasteiger partial charge in [0.25, 0.3) is 0 Å². The van der Waals surface area contributed by atoms with Crippen molar-refractivity contribution in [3.63, 3.8) is 0 Å². The maximum Gasteiger partial charge on any atom is 0.0620 e. The lowest BCUT2D eigenvalue weighted by atomic mass is 9.83. The Labute approximate surface area is 104 Å². The van der Waals surface area contributed by atoms with Crippen LogP contribution in [0.15, 0.2) is 30.3 Å². The number of piperidine rings is 1. The third kappa shape index (κ3) is 3.55. The Morgan fingerprint density at radius 2 is 1.76 bits per heavy atom. The molecule has 17 heavy (non-hydrogen) atoms. The highest BCUT2D eigenvalue weighted by Gasteiger charge is 2.30. The van der Waals surface area contributed by atoms with Crippen LogP contribution in [-0.4, -0.2) is 28.7 Å². The van der Waals surface area contributed by atoms with Crippen molar-refractivity contribution in [1.29, 1.82) is 0 Å². The number of rotatable bonds is 3. The number of likely N-dealkylation sites (tertiary alicyclic amines) is 1. The molecule has 1 fully saturated rings. The SMILES string of the molecule is CC(C)(O)C1CCN(Cc2ccccc2)CC1. The largest absolute Gasteiger partial charge is 0.390 e. The van der Waals surface area contributed by atoms with Crippen molar-refractivity contribution in [3.05, 3.63) is 35.9 Å².